The van der Waals surface area contributed by atoms with Crippen LogP contribution in [-0.4, -0.2) is 31.6 Å². The first-order valence-corrected chi connectivity index (χ1v) is 8.18. The molecule has 1 aliphatic rings. The maximum absolute atomic E-state index is 4.50. The van der Waals surface area contributed by atoms with Crippen molar-refractivity contribution in [1.29, 1.82) is 0 Å². The lowest BCUT2D eigenvalue weighted by Gasteiger charge is -2.19. The molecule has 0 aliphatic heterocycles. The Kier molecular flexibility index (Phi) is 5.89. The molecule has 3 N–H and O–H groups in total. The standard InChI is InChI=1S/C13H15N5.C2H6.CH5N/c1-2-4-9(5-3-1)13-17-16-11-8-15-12-10(18(11)13)6-7-14-12;2*1-2/h6-9,14H,1-5H2;1-2H3;2H2,1H3. The highest BCUT2D eigenvalue weighted by Gasteiger charge is 2.21. The summed E-state index contributed by atoms with van der Waals surface area (Å²) >= 11 is 0. The summed E-state index contributed by atoms with van der Waals surface area (Å²) in [5, 5.41) is 8.67. The van der Waals surface area contributed by atoms with E-state index in [0.717, 1.165) is 22.6 Å². The Bertz CT molecular complexity index is 693. The topological polar surface area (TPSA) is 84.9 Å². The lowest BCUT2D eigenvalue weighted by atomic mass is 9.89. The second-order valence-electron chi connectivity index (χ2n) is 5.06. The fourth-order valence-electron chi connectivity index (χ4n) is 3.02. The molecule has 6 nitrogen and oxygen atoms in total. The molecule has 4 rings (SSSR count). The number of nitrogens with zero attached hydrogens (tertiary/aromatic N) is 4. The molecule has 1 saturated carbocycles. The minimum Gasteiger partial charge on any atom is -0.345 e. The maximum Gasteiger partial charge on any atom is 0.179 e. The van der Waals surface area contributed by atoms with E-state index >= 15 is 0 Å². The molecule has 3 aromatic rings. The quantitative estimate of drug-likeness (QED) is 0.722. The lowest BCUT2D eigenvalue weighted by molar-refractivity contribution is 0.427. The molecule has 3 aromatic heterocycles. The van der Waals surface area contributed by atoms with Crippen molar-refractivity contribution in [3.63, 3.8) is 0 Å². The van der Waals surface area contributed by atoms with Crippen LogP contribution in [0.1, 0.15) is 57.7 Å². The van der Waals surface area contributed by atoms with E-state index in [-0.39, 0.29) is 0 Å². The number of fused-ring (bicyclic) bond motifs is 3. The van der Waals surface area contributed by atoms with Crippen LogP contribution in [0.5, 0.6) is 0 Å². The van der Waals surface area contributed by atoms with Gasteiger partial charge in [-0.1, -0.05) is 33.1 Å². The molecular weight excluding hydrogens is 276 g/mol. The van der Waals surface area contributed by atoms with Gasteiger partial charge in [0, 0.05) is 12.1 Å². The molecule has 1 fully saturated rings. The third-order valence-electron chi connectivity index (χ3n) is 3.94. The number of hydrogen-bond donors (Lipinski definition) is 2. The first-order valence-electron chi connectivity index (χ1n) is 8.18. The average Bonchev–Trinajstić information content (AvgIpc) is 3.25. The van der Waals surface area contributed by atoms with Crippen molar-refractivity contribution in [3.8, 4) is 0 Å². The Labute approximate surface area is 131 Å². The SMILES string of the molecule is CC.CN.c1cc2c(ncc3nnc(C4CCCCC4)n32)[nH]1. The van der Waals surface area contributed by atoms with Gasteiger partial charge in [-0.3, -0.25) is 4.40 Å². The van der Waals surface area contributed by atoms with Crippen LogP contribution in [0, 0.1) is 0 Å². The molecule has 22 heavy (non-hydrogen) atoms. The fourth-order valence-corrected chi connectivity index (χ4v) is 3.02. The Morgan fingerprint density at radius 1 is 1.14 bits per heavy atom. The van der Waals surface area contributed by atoms with Crippen molar-refractivity contribution in [2.24, 2.45) is 5.73 Å². The molecule has 6 heteroatoms. The number of nitrogens with one attached hydrogen (secondary N) is 1. The second-order valence-corrected chi connectivity index (χ2v) is 5.06. The summed E-state index contributed by atoms with van der Waals surface area (Å²) < 4.78 is 2.16. The lowest BCUT2D eigenvalue weighted by Crippen LogP contribution is -2.09. The Hall–Kier alpha value is -1.95. The fraction of sp³-hybridized carbons (Fsp3) is 0.562. The molecular formula is C16H26N6. The van der Waals surface area contributed by atoms with Gasteiger partial charge in [-0.15, -0.1) is 10.2 Å². The molecule has 0 bridgehead atoms. The van der Waals surface area contributed by atoms with Crippen molar-refractivity contribution < 1.29 is 0 Å². The van der Waals surface area contributed by atoms with Gasteiger partial charge >= 0.3 is 0 Å². The zero-order chi connectivity index (χ0) is 15.9. The zero-order valence-electron chi connectivity index (χ0n) is 13.7. The third-order valence-corrected chi connectivity index (χ3v) is 3.94. The van der Waals surface area contributed by atoms with E-state index in [1.165, 1.54) is 39.2 Å². The van der Waals surface area contributed by atoms with Gasteiger partial charge in [-0.25, -0.2) is 4.98 Å². The van der Waals surface area contributed by atoms with Crippen LogP contribution in [0.2, 0.25) is 0 Å². The summed E-state index contributed by atoms with van der Waals surface area (Å²) in [5.74, 6) is 1.66. The molecule has 1 aliphatic carbocycles. The monoisotopic (exact) mass is 302 g/mol. The van der Waals surface area contributed by atoms with Crippen molar-refractivity contribution >= 4 is 16.8 Å². The minimum absolute atomic E-state index is 0.550. The van der Waals surface area contributed by atoms with Crippen molar-refractivity contribution in [3.05, 3.63) is 24.3 Å². The summed E-state index contributed by atoms with van der Waals surface area (Å²) in [6.45, 7) is 4.00. The van der Waals surface area contributed by atoms with Crippen LogP contribution < -0.4 is 5.73 Å². The first kappa shape index (κ1) is 16.4. The summed E-state index contributed by atoms with van der Waals surface area (Å²) in [6.07, 6.45) is 10.1. The number of hydrogen-bond acceptors (Lipinski definition) is 4. The number of aromatic nitrogens is 5. The number of aromatic amines is 1. The van der Waals surface area contributed by atoms with Crippen LogP contribution in [0.3, 0.4) is 0 Å². The van der Waals surface area contributed by atoms with Gasteiger partial charge in [-0.05, 0) is 26.0 Å². The van der Waals surface area contributed by atoms with E-state index < -0.39 is 0 Å². The van der Waals surface area contributed by atoms with Crippen LogP contribution >= 0.6 is 0 Å². The van der Waals surface area contributed by atoms with Crippen LogP contribution in [0.4, 0.5) is 0 Å². The molecule has 3 heterocycles. The van der Waals surface area contributed by atoms with Crippen molar-refractivity contribution in [2.75, 3.05) is 7.05 Å². The van der Waals surface area contributed by atoms with Gasteiger partial charge in [-0.2, -0.15) is 0 Å². The normalized spacial score (nSPS) is 15.1. The summed E-state index contributed by atoms with van der Waals surface area (Å²) in [7, 11) is 1.50. The van der Waals surface area contributed by atoms with E-state index in [4.69, 9.17) is 0 Å². The van der Waals surface area contributed by atoms with Crippen molar-refractivity contribution in [1.82, 2.24) is 24.6 Å². The first-order chi connectivity index (χ1) is 10.9. The van der Waals surface area contributed by atoms with Gasteiger partial charge in [0.2, 0.25) is 0 Å². The summed E-state index contributed by atoms with van der Waals surface area (Å²) in [5.41, 5.74) is 7.33. The van der Waals surface area contributed by atoms with E-state index in [9.17, 15) is 0 Å². The van der Waals surface area contributed by atoms with Gasteiger partial charge in [0.25, 0.3) is 0 Å². The highest BCUT2D eigenvalue weighted by molar-refractivity contribution is 5.74. The van der Waals surface area contributed by atoms with Crippen LogP contribution in [0.25, 0.3) is 16.8 Å². The third kappa shape index (κ3) is 2.97. The van der Waals surface area contributed by atoms with Gasteiger partial charge < -0.3 is 10.7 Å². The highest BCUT2D eigenvalue weighted by Crippen LogP contribution is 2.32. The highest BCUT2D eigenvalue weighted by atomic mass is 15.3. The molecule has 0 spiro atoms. The molecule has 0 radical (unpaired) electrons. The van der Waals surface area contributed by atoms with E-state index in [1.54, 1.807) is 6.20 Å². The van der Waals surface area contributed by atoms with Crippen LogP contribution in [-0.2, 0) is 0 Å². The van der Waals surface area contributed by atoms with E-state index in [1.807, 2.05) is 26.1 Å². The molecule has 0 unspecified atom stereocenters. The van der Waals surface area contributed by atoms with Gasteiger partial charge in [0.1, 0.15) is 5.82 Å². The largest absolute Gasteiger partial charge is 0.345 e. The number of rotatable bonds is 1. The minimum atomic E-state index is 0.550. The summed E-state index contributed by atoms with van der Waals surface area (Å²) in [4.78, 5) is 7.49. The molecule has 0 atom stereocenters. The Morgan fingerprint density at radius 3 is 2.59 bits per heavy atom. The van der Waals surface area contributed by atoms with Gasteiger partial charge in [0.05, 0.1) is 11.7 Å². The predicted molar refractivity (Wildman–Crippen MR) is 89.9 cm³/mol. The van der Waals surface area contributed by atoms with Crippen LogP contribution in [0.15, 0.2) is 18.5 Å². The molecule has 0 saturated heterocycles. The maximum atomic E-state index is 4.50. The van der Waals surface area contributed by atoms with Gasteiger partial charge in [0.15, 0.2) is 11.3 Å². The molecule has 0 aromatic carbocycles. The molecule has 120 valence electrons. The Morgan fingerprint density at radius 2 is 1.86 bits per heavy atom. The van der Waals surface area contributed by atoms with Crippen molar-refractivity contribution in [2.45, 2.75) is 51.9 Å². The number of H-pyrrole nitrogens is 1. The second kappa shape index (κ2) is 7.89. The number of nitrogens with two attached hydrogens (primary N) is 1. The van der Waals surface area contributed by atoms with E-state index in [2.05, 4.69) is 30.3 Å². The predicted octanol–water partition coefficient (Wildman–Crippen LogP) is 3.25. The zero-order valence-corrected chi connectivity index (χ0v) is 13.7. The average molecular weight is 302 g/mol. The molecule has 0 amide bonds. The smallest absolute Gasteiger partial charge is 0.179 e. The Balaban J connectivity index is 0.000000410. The van der Waals surface area contributed by atoms with E-state index in [0.29, 0.717) is 5.92 Å². The summed E-state index contributed by atoms with van der Waals surface area (Å²) in [6, 6.07) is 2.05.